The molecular weight excluding hydrogens is 396 g/mol. The summed E-state index contributed by atoms with van der Waals surface area (Å²) in [6, 6.07) is 0. The lowest BCUT2D eigenvalue weighted by Crippen LogP contribution is -2.51. The third kappa shape index (κ3) is 3.83. The second kappa shape index (κ2) is 9.00. The number of hydrogen-bond donors (Lipinski definition) is 1. The fraction of sp³-hybridized carbons (Fsp3) is 0.931. The van der Waals surface area contributed by atoms with Crippen LogP contribution in [0.4, 0.5) is 0 Å². The van der Waals surface area contributed by atoms with Gasteiger partial charge in [0.1, 0.15) is 6.61 Å². The van der Waals surface area contributed by atoms with Crippen LogP contribution in [0, 0.1) is 46.3 Å². The van der Waals surface area contributed by atoms with Crippen molar-refractivity contribution in [3.63, 3.8) is 0 Å². The Morgan fingerprint density at radius 1 is 1.09 bits per heavy atom. The lowest BCUT2D eigenvalue weighted by molar-refractivity contribution is -0.148. The Labute approximate surface area is 196 Å². The molecule has 0 radical (unpaired) electrons. The minimum Gasteiger partial charge on any atom is -0.366 e. The van der Waals surface area contributed by atoms with Crippen LogP contribution in [0.2, 0.25) is 0 Å². The molecule has 1 saturated heterocycles. The summed E-state index contributed by atoms with van der Waals surface area (Å²) in [5, 5.41) is 9.74. The molecule has 3 heteroatoms. The van der Waals surface area contributed by atoms with Crippen LogP contribution in [0.15, 0.2) is 11.6 Å². The van der Waals surface area contributed by atoms with Crippen LogP contribution in [-0.4, -0.2) is 24.3 Å². The number of rotatable bonds is 6. The van der Waals surface area contributed by atoms with Gasteiger partial charge in [0, 0.05) is 5.92 Å². The summed E-state index contributed by atoms with van der Waals surface area (Å²) in [7, 11) is 0. The lowest BCUT2D eigenvalue weighted by atomic mass is 9.46. The molecule has 10 atom stereocenters. The average molecular weight is 445 g/mol. The fourth-order valence-corrected chi connectivity index (χ4v) is 9.47. The minimum absolute atomic E-state index is 0.201. The molecule has 182 valence electrons. The van der Waals surface area contributed by atoms with Gasteiger partial charge in [-0.2, -0.15) is 0 Å². The third-order valence-electron chi connectivity index (χ3n) is 11.2. The molecule has 32 heavy (non-hydrogen) atoms. The Bertz CT molecular complexity index is 703. The van der Waals surface area contributed by atoms with Crippen molar-refractivity contribution in [3.8, 4) is 0 Å². The molecule has 4 fully saturated rings. The smallest absolute Gasteiger partial charge is 0.181 e. The molecule has 4 aliphatic carbocycles. The maximum Gasteiger partial charge on any atom is 0.181 e. The molecule has 0 aromatic heterocycles. The first kappa shape index (κ1) is 23.4. The molecule has 1 N–H and O–H groups in total. The van der Waals surface area contributed by atoms with E-state index in [1.165, 1.54) is 70.6 Å². The van der Waals surface area contributed by atoms with E-state index in [0.717, 1.165) is 36.0 Å². The quantitative estimate of drug-likeness (QED) is 0.351. The minimum atomic E-state index is -0.728. The Hall–Kier alpha value is -0.380. The molecule has 1 aliphatic heterocycles. The van der Waals surface area contributed by atoms with E-state index in [1.54, 1.807) is 5.57 Å². The first-order chi connectivity index (χ1) is 15.4. The predicted octanol–water partition coefficient (Wildman–Crippen LogP) is 7.09. The molecule has 0 bridgehead atoms. The van der Waals surface area contributed by atoms with Gasteiger partial charge in [0.25, 0.3) is 0 Å². The van der Waals surface area contributed by atoms with Gasteiger partial charge in [-0.05, 0) is 91.8 Å². The molecule has 0 aromatic rings. The van der Waals surface area contributed by atoms with E-state index in [1.807, 2.05) is 0 Å². The van der Waals surface area contributed by atoms with E-state index in [2.05, 4.69) is 33.8 Å². The van der Waals surface area contributed by atoms with Gasteiger partial charge in [0.15, 0.2) is 12.6 Å². The zero-order valence-corrected chi connectivity index (χ0v) is 21.2. The maximum absolute atomic E-state index is 9.74. The highest BCUT2D eigenvalue weighted by molar-refractivity contribution is 5.25. The van der Waals surface area contributed by atoms with Gasteiger partial charge in [0.05, 0.1) is 0 Å². The van der Waals surface area contributed by atoms with E-state index in [4.69, 9.17) is 9.47 Å². The van der Waals surface area contributed by atoms with Crippen molar-refractivity contribution < 1.29 is 14.6 Å². The summed E-state index contributed by atoms with van der Waals surface area (Å²) in [6.07, 6.45) is 18.0. The van der Waals surface area contributed by atoms with Gasteiger partial charge in [-0.3, -0.25) is 0 Å². The van der Waals surface area contributed by atoms with Crippen LogP contribution >= 0.6 is 0 Å². The standard InChI is InChI=1S/C29H48O3/c1-5-6-7-8-19(2)23-11-12-24-22-10-9-21-17-20(27-31-18-26(30)32-27)13-15-28(21,3)25(22)14-16-29(23,24)4/h9,19-20,22-27,30H,5-8,10-18H2,1-4H3/t19-,20?,22+,23-,24+,25+,26+,27?,28+,29-/m1/s1. The highest BCUT2D eigenvalue weighted by Gasteiger charge is 2.59. The second-order valence-corrected chi connectivity index (χ2v) is 12.8. The molecule has 0 spiro atoms. The van der Waals surface area contributed by atoms with Gasteiger partial charge in [0.2, 0.25) is 0 Å². The van der Waals surface area contributed by atoms with E-state index >= 15 is 0 Å². The summed E-state index contributed by atoms with van der Waals surface area (Å²) in [5.74, 6) is 4.96. The number of unbranched alkanes of at least 4 members (excludes halogenated alkanes) is 2. The van der Waals surface area contributed by atoms with Gasteiger partial charge in [-0.25, -0.2) is 0 Å². The molecule has 0 amide bonds. The van der Waals surface area contributed by atoms with Crippen molar-refractivity contribution in [2.24, 2.45) is 46.3 Å². The van der Waals surface area contributed by atoms with Crippen molar-refractivity contribution in [3.05, 3.63) is 11.6 Å². The maximum atomic E-state index is 9.74. The SMILES string of the molecule is CCCCC[C@@H](C)[C@H]1CC[C@H]2[C@@H]3CC=C4CC(C5OC[C@@H](O)O5)CC[C@]4(C)[C@H]3CC[C@]12C. The molecule has 5 aliphatic rings. The van der Waals surface area contributed by atoms with E-state index in [9.17, 15) is 5.11 Å². The van der Waals surface area contributed by atoms with Crippen LogP contribution in [0.1, 0.15) is 105 Å². The Kier molecular flexibility index (Phi) is 6.58. The lowest BCUT2D eigenvalue weighted by Gasteiger charge is -2.58. The zero-order chi connectivity index (χ0) is 22.5. The average Bonchev–Trinajstić information content (AvgIpc) is 3.36. The largest absolute Gasteiger partial charge is 0.366 e. The molecule has 0 aromatic carbocycles. The first-order valence-electron chi connectivity index (χ1n) is 14.0. The van der Waals surface area contributed by atoms with E-state index < -0.39 is 6.29 Å². The summed E-state index contributed by atoms with van der Waals surface area (Å²) in [6.45, 7) is 10.5. The van der Waals surface area contributed by atoms with Gasteiger partial charge < -0.3 is 14.6 Å². The first-order valence-corrected chi connectivity index (χ1v) is 14.0. The number of aliphatic hydroxyl groups is 1. The topological polar surface area (TPSA) is 38.7 Å². The summed E-state index contributed by atoms with van der Waals surface area (Å²) >= 11 is 0. The Morgan fingerprint density at radius 3 is 2.69 bits per heavy atom. The normalized spacial score (nSPS) is 49.2. The molecule has 2 unspecified atom stereocenters. The monoisotopic (exact) mass is 444 g/mol. The van der Waals surface area contributed by atoms with Crippen molar-refractivity contribution in [1.29, 1.82) is 0 Å². The summed E-state index contributed by atoms with van der Waals surface area (Å²) in [4.78, 5) is 0. The number of ether oxygens (including phenoxy) is 2. The number of hydrogen-bond acceptors (Lipinski definition) is 3. The van der Waals surface area contributed by atoms with E-state index in [-0.39, 0.29) is 6.29 Å². The molecule has 3 saturated carbocycles. The van der Waals surface area contributed by atoms with Gasteiger partial charge in [-0.1, -0.05) is 65.0 Å². The van der Waals surface area contributed by atoms with Crippen LogP contribution in [-0.2, 0) is 9.47 Å². The van der Waals surface area contributed by atoms with E-state index in [0.29, 0.717) is 23.4 Å². The van der Waals surface area contributed by atoms with Crippen molar-refractivity contribution in [2.75, 3.05) is 6.61 Å². The van der Waals surface area contributed by atoms with Crippen molar-refractivity contribution in [2.45, 2.75) is 117 Å². The fourth-order valence-electron chi connectivity index (χ4n) is 9.47. The molecule has 5 rings (SSSR count). The molecule has 1 heterocycles. The third-order valence-corrected chi connectivity index (χ3v) is 11.2. The van der Waals surface area contributed by atoms with Crippen molar-refractivity contribution >= 4 is 0 Å². The Balaban J connectivity index is 1.29. The summed E-state index contributed by atoms with van der Waals surface area (Å²) < 4.78 is 11.4. The molecule has 3 nitrogen and oxygen atoms in total. The Morgan fingerprint density at radius 2 is 1.94 bits per heavy atom. The highest BCUT2D eigenvalue weighted by atomic mass is 16.8. The number of allylic oxidation sites excluding steroid dienone is 2. The highest BCUT2D eigenvalue weighted by Crippen LogP contribution is 2.67. The number of aliphatic hydroxyl groups excluding tert-OH is 1. The van der Waals surface area contributed by atoms with Crippen LogP contribution < -0.4 is 0 Å². The zero-order valence-electron chi connectivity index (χ0n) is 21.2. The number of fused-ring (bicyclic) bond motifs is 5. The predicted molar refractivity (Wildman–Crippen MR) is 129 cm³/mol. The van der Waals surface area contributed by atoms with Gasteiger partial charge >= 0.3 is 0 Å². The van der Waals surface area contributed by atoms with Gasteiger partial charge in [-0.15, -0.1) is 0 Å². The second-order valence-electron chi connectivity index (χ2n) is 12.8. The van der Waals surface area contributed by atoms with Crippen LogP contribution in [0.5, 0.6) is 0 Å². The van der Waals surface area contributed by atoms with Crippen LogP contribution in [0.3, 0.4) is 0 Å². The van der Waals surface area contributed by atoms with Crippen molar-refractivity contribution in [1.82, 2.24) is 0 Å². The summed E-state index contributed by atoms with van der Waals surface area (Å²) in [5.41, 5.74) is 2.64. The van der Waals surface area contributed by atoms with Crippen LogP contribution in [0.25, 0.3) is 0 Å². The molecular formula is C29H48O3.